The first-order chi connectivity index (χ1) is 10.1. The zero-order valence-corrected chi connectivity index (χ0v) is 13.3. The molecule has 1 N–H and O–H groups in total. The molecule has 0 aliphatic carbocycles. The van der Waals surface area contributed by atoms with Crippen molar-refractivity contribution in [2.75, 3.05) is 6.54 Å². The van der Waals surface area contributed by atoms with Crippen molar-refractivity contribution in [1.82, 2.24) is 4.90 Å². The third-order valence-corrected chi connectivity index (χ3v) is 3.87. The SMILES string of the molecule is CC(C)N(Cc1ccccc1)CC(O)c1ccc(Cl)cc1. The lowest BCUT2D eigenvalue weighted by molar-refractivity contribution is 0.0908. The van der Waals surface area contributed by atoms with Crippen LogP contribution in [0.25, 0.3) is 0 Å². The summed E-state index contributed by atoms with van der Waals surface area (Å²) in [5.74, 6) is 0. The molecular weight excluding hydrogens is 282 g/mol. The molecule has 0 radical (unpaired) electrons. The maximum atomic E-state index is 10.4. The van der Waals surface area contributed by atoms with Crippen LogP contribution in [0, 0.1) is 0 Å². The van der Waals surface area contributed by atoms with E-state index in [0.717, 1.165) is 12.1 Å². The number of hydrogen-bond donors (Lipinski definition) is 1. The first-order valence-electron chi connectivity index (χ1n) is 7.28. The number of aliphatic hydroxyl groups excluding tert-OH is 1. The number of nitrogens with zero attached hydrogens (tertiary/aromatic N) is 1. The number of rotatable bonds is 6. The summed E-state index contributed by atoms with van der Waals surface area (Å²) in [5.41, 5.74) is 2.16. The first-order valence-corrected chi connectivity index (χ1v) is 7.65. The number of halogens is 1. The molecule has 3 heteroatoms. The minimum atomic E-state index is -0.506. The average molecular weight is 304 g/mol. The van der Waals surface area contributed by atoms with Crippen molar-refractivity contribution in [2.24, 2.45) is 0 Å². The molecule has 0 heterocycles. The average Bonchev–Trinajstić information content (AvgIpc) is 2.48. The van der Waals surface area contributed by atoms with Gasteiger partial charge in [-0.15, -0.1) is 0 Å². The Balaban J connectivity index is 2.04. The maximum Gasteiger partial charge on any atom is 0.0917 e. The fourth-order valence-electron chi connectivity index (χ4n) is 2.29. The van der Waals surface area contributed by atoms with Crippen LogP contribution in [0.1, 0.15) is 31.1 Å². The highest BCUT2D eigenvalue weighted by Gasteiger charge is 2.16. The molecule has 0 spiro atoms. The van der Waals surface area contributed by atoms with Gasteiger partial charge in [0.25, 0.3) is 0 Å². The van der Waals surface area contributed by atoms with Crippen molar-refractivity contribution in [3.05, 3.63) is 70.7 Å². The second-order valence-electron chi connectivity index (χ2n) is 5.58. The minimum absolute atomic E-state index is 0.368. The van der Waals surface area contributed by atoms with Crippen molar-refractivity contribution in [2.45, 2.75) is 32.5 Å². The van der Waals surface area contributed by atoms with Crippen molar-refractivity contribution in [3.63, 3.8) is 0 Å². The third-order valence-electron chi connectivity index (χ3n) is 3.62. The van der Waals surface area contributed by atoms with E-state index in [0.29, 0.717) is 17.6 Å². The molecule has 0 aliphatic heterocycles. The molecule has 1 atom stereocenters. The highest BCUT2D eigenvalue weighted by atomic mass is 35.5. The molecule has 0 saturated heterocycles. The molecule has 0 amide bonds. The molecule has 2 nitrogen and oxygen atoms in total. The molecule has 0 aromatic heterocycles. The fraction of sp³-hybridized carbons (Fsp3) is 0.333. The Hall–Kier alpha value is -1.35. The Morgan fingerprint density at radius 1 is 1.00 bits per heavy atom. The topological polar surface area (TPSA) is 23.5 Å². The van der Waals surface area contributed by atoms with Crippen LogP contribution in [0.2, 0.25) is 5.02 Å². The molecule has 21 heavy (non-hydrogen) atoms. The van der Waals surface area contributed by atoms with Gasteiger partial charge in [-0.3, -0.25) is 4.90 Å². The molecule has 0 saturated carbocycles. The minimum Gasteiger partial charge on any atom is -0.387 e. The van der Waals surface area contributed by atoms with E-state index >= 15 is 0 Å². The lowest BCUT2D eigenvalue weighted by Gasteiger charge is -2.29. The van der Waals surface area contributed by atoms with Gasteiger partial charge in [-0.1, -0.05) is 54.1 Å². The van der Waals surface area contributed by atoms with Crippen molar-refractivity contribution in [3.8, 4) is 0 Å². The van der Waals surface area contributed by atoms with E-state index in [2.05, 4.69) is 30.9 Å². The predicted octanol–water partition coefficient (Wildman–Crippen LogP) is 4.28. The predicted molar refractivity (Wildman–Crippen MR) is 88.4 cm³/mol. The summed E-state index contributed by atoms with van der Waals surface area (Å²) in [7, 11) is 0. The van der Waals surface area contributed by atoms with Crippen molar-refractivity contribution in [1.29, 1.82) is 0 Å². The summed E-state index contributed by atoms with van der Waals surface area (Å²) in [4.78, 5) is 2.27. The second-order valence-corrected chi connectivity index (χ2v) is 6.01. The Kier molecular flexibility index (Phi) is 5.80. The van der Waals surface area contributed by atoms with E-state index in [-0.39, 0.29) is 0 Å². The van der Waals surface area contributed by atoms with Gasteiger partial charge in [0, 0.05) is 24.2 Å². The van der Waals surface area contributed by atoms with Gasteiger partial charge in [-0.2, -0.15) is 0 Å². The zero-order chi connectivity index (χ0) is 15.2. The van der Waals surface area contributed by atoms with Crippen LogP contribution < -0.4 is 0 Å². The van der Waals surface area contributed by atoms with Crippen LogP contribution >= 0.6 is 11.6 Å². The van der Waals surface area contributed by atoms with E-state index < -0.39 is 6.10 Å². The molecule has 0 bridgehead atoms. The quantitative estimate of drug-likeness (QED) is 0.861. The van der Waals surface area contributed by atoms with Gasteiger partial charge in [-0.05, 0) is 37.1 Å². The molecule has 0 fully saturated rings. The fourth-order valence-corrected chi connectivity index (χ4v) is 2.41. The monoisotopic (exact) mass is 303 g/mol. The Labute approximate surface area is 132 Å². The normalized spacial score (nSPS) is 12.9. The second kappa shape index (κ2) is 7.60. The van der Waals surface area contributed by atoms with Crippen LogP contribution in [0.5, 0.6) is 0 Å². The van der Waals surface area contributed by atoms with Crippen LogP contribution in [0.4, 0.5) is 0 Å². The van der Waals surface area contributed by atoms with Crippen molar-refractivity contribution >= 4 is 11.6 Å². The lowest BCUT2D eigenvalue weighted by Crippen LogP contribution is -2.34. The standard InChI is InChI=1S/C18H22ClNO/c1-14(2)20(12-15-6-4-3-5-7-15)13-18(21)16-8-10-17(19)11-9-16/h3-11,14,18,21H,12-13H2,1-2H3. The molecular formula is C18H22ClNO. The molecule has 1 unspecified atom stereocenters. The number of benzene rings is 2. The van der Waals surface area contributed by atoms with Gasteiger partial charge in [0.05, 0.1) is 6.10 Å². The van der Waals surface area contributed by atoms with Gasteiger partial charge in [0.2, 0.25) is 0 Å². The van der Waals surface area contributed by atoms with Gasteiger partial charge >= 0.3 is 0 Å². The van der Waals surface area contributed by atoms with Gasteiger partial charge in [0.1, 0.15) is 0 Å². The summed E-state index contributed by atoms with van der Waals surface area (Å²) >= 11 is 5.89. The van der Waals surface area contributed by atoms with Crippen LogP contribution in [0.3, 0.4) is 0 Å². The van der Waals surface area contributed by atoms with E-state index in [9.17, 15) is 5.11 Å². The van der Waals surface area contributed by atoms with E-state index in [1.54, 1.807) is 0 Å². The third kappa shape index (κ3) is 4.85. The summed E-state index contributed by atoms with van der Waals surface area (Å²) in [6.45, 7) is 5.74. The molecule has 2 rings (SSSR count). The number of hydrogen-bond acceptors (Lipinski definition) is 2. The molecule has 0 aliphatic rings. The van der Waals surface area contributed by atoms with Crippen molar-refractivity contribution < 1.29 is 5.11 Å². The van der Waals surface area contributed by atoms with Gasteiger partial charge in [0.15, 0.2) is 0 Å². The summed E-state index contributed by atoms with van der Waals surface area (Å²) in [6, 6.07) is 18.1. The van der Waals surface area contributed by atoms with Crippen LogP contribution in [-0.2, 0) is 6.54 Å². The smallest absolute Gasteiger partial charge is 0.0917 e. The van der Waals surface area contributed by atoms with Crippen LogP contribution in [-0.4, -0.2) is 22.6 Å². The van der Waals surface area contributed by atoms with E-state index in [1.165, 1.54) is 5.56 Å². The number of aliphatic hydroxyl groups is 1. The Morgan fingerprint density at radius 3 is 2.19 bits per heavy atom. The highest BCUT2D eigenvalue weighted by molar-refractivity contribution is 6.30. The Morgan fingerprint density at radius 2 is 1.62 bits per heavy atom. The maximum absolute atomic E-state index is 10.4. The summed E-state index contributed by atoms with van der Waals surface area (Å²) in [6.07, 6.45) is -0.506. The summed E-state index contributed by atoms with van der Waals surface area (Å²) < 4.78 is 0. The zero-order valence-electron chi connectivity index (χ0n) is 12.5. The molecule has 2 aromatic rings. The lowest BCUT2D eigenvalue weighted by atomic mass is 10.1. The summed E-state index contributed by atoms with van der Waals surface area (Å²) in [5, 5.41) is 11.1. The van der Waals surface area contributed by atoms with Crippen LogP contribution in [0.15, 0.2) is 54.6 Å². The van der Waals surface area contributed by atoms with E-state index in [1.807, 2.05) is 42.5 Å². The Bertz CT molecular complexity index is 539. The van der Waals surface area contributed by atoms with Gasteiger partial charge in [-0.25, -0.2) is 0 Å². The molecule has 112 valence electrons. The van der Waals surface area contributed by atoms with E-state index in [4.69, 9.17) is 11.6 Å². The first kappa shape index (κ1) is 16.0. The largest absolute Gasteiger partial charge is 0.387 e. The highest BCUT2D eigenvalue weighted by Crippen LogP contribution is 2.19. The van der Waals surface area contributed by atoms with Gasteiger partial charge < -0.3 is 5.11 Å². The molecule has 2 aromatic carbocycles.